The lowest BCUT2D eigenvalue weighted by molar-refractivity contribution is -0.385. The molecule has 0 saturated carbocycles. The maximum Gasteiger partial charge on any atom is 0.408 e. The lowest BCUT2D eigenvalue weighted by Gasteiger charge is -2.28. The van der Waals surface area contributed by atoms with Gasteiger partial charge in [0, 0.05) is 18.7 Å². The quantitative estimate of drug-likeness (QED) is 0.581. The average Bonchev–Trinajstić information content (AvgIpc) is 2.43. The van der Waals surface area contributed by atoms with Crippen molar-refractivity contribution in [2.24, 2.45) is 0 Å². The molecular weight excluding hydrogens is 350 g/mol. The Morgan fingerprint density at radius 2 is 1.84 bits per heavy atom. The number of rotatable bonds is 6. The minimum atomic E-state index is -3.97. The van der Waals surface area contributed by atoms with Gasteiger partial charge in [0.2, 0.25) is 10.0 Å². The van der Waals surface area contributed by atoms with Gasteiger partial charge < -0.3 is 10.1 Å². The minimum absolute atomic E-state index is 0.128. The molecule has 10 heteroatoms. The number of sulfonamides is 1. The van der Waals surface area contributed by atoms with E-state index in [1.54, 1.807) is 34.6 Å². The van der Waals surface area contributed by atoms with Crippen LogP contribution in [0.5, 0.6) is 0 Å². The Morgan fingerprint density at radius 1 is 1.24 bits per heavy atom. The van der Waals surface area contributed by atoms with E-state index in [0.717, 1.165) is 6.07 Å². The van der Waals surface area contributed by atoms with Gasteiger partial charge in [-0.2, -0.15) is 0 Å². The minimum Gasteiger partial charge on any atom is -0.444 e. The Kier molecular flexibility index (Phi) is 6.14. The van der Waals surface area contributed by atoms with E-state index in [2.05, 4.69) is 10.0 Å². The molecule has 1 rings (SSSR count). The summed E-state index contributed by atoms with van der Waals surface area (Å²) < 4.78 is 32.0. The first-order chi connectivity index (χ1) is 11.2. The summed E-state index contributed by atoms with van der Waals surface area (Å²) in [4.78, 5) is 21.7. The molecule has 9 nitrogen and oxygen atoms in total. The summed E-state index contributed by atoms with van der Waals surface area (Å²) in [5, 5.41) is 13.3. The van der Waals surface area contributed by atoms with Gasteiger partial charge in [-0.1, -0.05) is 6.07 Å². The van der Waals surface area contributed by atoms with Crippen LogP contribution >= 0.6 is 0 Å². The predicted octanol–water partition coefficient (Wildman–Crippen LogP) is 2.18. The molecule has 0 spiro atoms. The van der Waals surface area contributed by atoms with Gasteiger partial charge in [-0.05, 0) is 40.7 Å². The van der Waals surface area contributed by atoms with E-state index in [1.807, 2.05) is 0 Å². The third-order valence-electron chi connectivity index (χ3n) is 2.88. The summed E-state index contributed by atoms with van der Waals surface area (Å²) in [5.41, 5.74) is -1.94. The molecule has 0 atom stereocenters. The fourth-order valence-electron chi connectivity index (χ4n) is 1.75. The van der Waals surface area contributed by atoms with Crippen LogP contribution in [0, 0.1) is 10.1 Å². The van der Waals surface area contributed by atoms with Gasteiger partial charge in [-0.3, -0.25) is 10.1 Å². The topological polar surface area (TPSA) is 128 Å². The first-order valence-corrected chi connectivity index (χ1v) is 8.95. The number of carbonyl (C=O) groups is 1. The van der Waals surface area contributed by atoms with E-state index in [1.165, 1.54) is 18.2 Å². The molecule has 1 aromatic carbocycles. The Morgan fingerprint density at radius 3 is 2.36 bits per heavy atom. The molecule has 0 aromatic heterocycles. The zero-order chi connectivity index (χ0) is 19.5. The highest BCUT2D eigenvalue weighted by molar-refractivity contribution is 7.89. The fraction of sp³-hybridized carbons (Fsp3) is 0.533. The molecule has 0 radical (unpaired) electrons. The van der Waals surface area contributed by atoms with Crippen LogP contribution in [-0.2, 0) is 14.8 Å². The number of non-ortho nitro benzene ring substituents is 1. The third kappa shape index (κ3) is 7.06. The molecule has 1 amide bonds. The zero-order valence-corrected chi connectivity index (χ0v) is 15.6. The van der Waals surface area contributed by atoms with Gasteiger partial charge >= 0.3 is 6.09 Å². The van der Waals surface area contributed by atoms with Crippen molar-refractivity contribution in [2.45, 2.75) is 50.7 Å². The lowest BCUT2D eigenvalue weighted by atomic mass is 10.1. The molecule has 0 unspecified atom stereocenters. The highest BCUT2D eigenvalue weighted by atomic mass is 32.2. The number of alkyl carbamates (subject to hydrolysis) is 1. The number of hydrogen-bond donors (Lipinski definition) is 2. The van der Waals surface area contributed by atoms with Crippen molar-refractivity contribution in [2.75, 3.05) is 6.54 Å². The molecular formula is C15H23N3O6S. The van der Waals surface area contributed by atoms with Crippen molar-refractivity contribution in [3.05, 3.63) is 34.4 Å². The number of nitrogens with zero attached hydrogens (tertiary/aromatic N) is 1. The van der Waals surface area contributed by atoms with E-state index in [4.69, 9.17) is 4.74 Å². The zero-order valence-electron chi connectivity index (χ0n) is 14.8. The second-order valence-corrected chi connectivity index (χ2v) is 8.86. The van der Waals surface area contributed by atoms with Crippen molar-refractivity contribution < 1.29 is 22.9 Å². The number of nitro groups is 1. The number of nitrogens with one attached hydrogen (secondary N) is 2. The lowest BCUT2D eigenvalue weighted by Crippen LogP contribution is -2.52. The van der Waals surface area contributed by atoms with Gasteiger partial charge in [0.25, 0.3) is 5.69 Å². The highest BCUT2D eigenvalue weighted by Crippen LogP contribution is 2.17. The van der Waals surface area contributed by atoms with E-state index in [9.17, 15) is 23.3 Å². The fourth-order valence-corrected chi connectivity index (χ4v) is 3.00. The van der Waals surface area contributed by atoms with Crippen LogP contribution < -0.4 is 10.0 Å². The molecule has 0 aliphatic rings. The van der Waals surface area contributed by atoms with Crippen molar-refractivity contribution in [3.63, 3.8) is 0 Å². The SMILES string of the molecule is CC(C)(CNS(=O)(=O)c1cccc([N+](=O)[O-])c1)NC(=O)OC(C)(C)C. The molecule has 0 aliphatic heterocycles. The number of nitro benzene ring substituents is 1. The first kappa shape index (κ1) is 20.8. The van der Waals surface area contributed by atoms with E-state index >= 15 is 0 Å². The van der Waals surface area contributed by atoms with Crippen LogP contribution in [0.15, 0.2) is 29.2 Å². The maximum atomic E-state index is 12.3. The summed E-state index contributed by atoms with van der Waals surface area (Å²) in [5.74, 6) is 0. The van der Waals surface area contributed by atoms with Gasteiger partial charge in [0.05, 0.1) is 15.4 Å². The summed E-state index contributed by atoms with van der Waals surface area (Å²) in [6, 6.07) is 4.71. The summed E-state index contributed by atoms with van der Waals surface area (Å²) in [6.07, 6.45) is -0.674. The number of benzene rings is 1. The molecule has 1 aromatic rings. The maximum absolute atomic E-state index is 12.3. The predicted molar refractivity (Wildman–Crippen MR) is 91.7 cm³/mol. The van der Waals surface area contributed by atoms with Gasteiger partial charge in [0.1, 0.15) is 5.60 Å². The van der Waals surface area contributed by atoms with Crippen molar-refractivity contribution in [1.82, 2.24) is 10.0 Å². The molecule has 0 bridgehead atoms. The van der Waals surface area contributed by atoms with Crippen LogP contribution in [0.3, 0.4) is 0 Å². The first-order valence-electron chi connectivity index (χ1n) is 7.47. The summed E-state index contributed by atoms with van der Waals surface area (Å²) >= 11 is 0. The molecule has 2 N–H and O–H groups in total. The van der Waals surface area contributed by atoms with Crippen LogP contribution in [0.1, 0.15) is 34.6 Å². The van der Waals surface area contributed by atoms with Crippen molar-refractivity contribution >= 4 is 21.8 Å². The van der Waals surface area contributed by atoms with Crippen LogP contribution in [0.2, 0.25) is 0 Å². The molecule has 25 heavy (non-hydrogen) atoms. The standard InChI is InChI=1S/C15H23N3O6S/c1-14(2,3)24-13(19)17-15(4,5)10-16-25(22,23)12-8-6-7-11(9-12)18(20)21/h6-9,16H,10H2,1-5H3,(H,17,19). The molecule has 0 fully saturated rings. The highest BCUT2D eigenvalue weighted by Gasteiger charge is 2.27. The Bertz CT molecular complexity index is 753. The smallest absolute Gasteiger partial charge is 0.408 e. The second kappa shape index (κ2) is 7.36. The van der Waals surface area contributed by atoms with Gasteiger partial charge in [-0.15, -0.1) is 0 Å². The monoisotopic (exact) mass is 373 g/mol. The molecule has 0 saturated heterocycles. The van der Waals surface area contributed by atoms with E-state index in [-0.39, 0.29) is 17.1 Å². The number of ether oxygens (including phenoxy) is 1. The number of hydrogen-bond acceptors (Lipinski definition) is 6. The Labute approximate surface area is 147 Å². The van der Waals surface area contributed by atoms with Crippen LogP contribution in [-0.4, -0.2) is 37.1 Å². The molecule has 0 heterocycles. The van der Waals surface area contributed by atoms with E-state index < -0.39 is 32.2 Å². The number of carbonyl (C=O) groups excluding carboxylic acids is 1. The Balaban J connectivity index is 2.79. The van der Waals surface area contributed by atoms with Crippen LogP contribution in [0.4, 0.5) is 10.5 Å². The average molecular weight is 373 g/mol. The van der Waals surface area contributed by atoms with Crippen molar-refractivity contribution in [1.29, 1.82) is 0 Å². The number of amides is 1. The summed E-state index contributed by atoms with van der Waals surface area (Å²) in [6.45, 7) is 8.25. The molecule has 140 valence electrons. The molecule has 0 aliphatic carbocycles. The van der Waals surface area contributed by atoms with Gasteiger partial charge in [0.15, 0.2) is 0 Å². The summed E-state index contributed by atoms with van der Waals surface area (Å²) in [7, 11) is -3.97. The van der Waals surface area contributed by atoms with Crippen molar-refractivity contribution in [3.8, 4) is 0 Å². The van der Waals surface area contributed by atoms with Crippen LogP contribution in [0.25, 0.3) is 0 Å². The van der Waals surface area contributed by atoms with Gasteiger partial charge in [-0.25, -0.2) is 17.9 Å². The normalized spacial score (nSPS) is 12.5. The van der Waals surface area contributed by atoms with E-state index in [0.29, 0.717) is 0 Å². The Hall–Kier alpha value is -2.20. The third-order valence-corrected chi connectivity index (χ3v) is 4.28. The largest absolute Gasteiger partial charge is 0.444 e. The second-order valence-electron chi connectivity index (χ2n) is 7.09.